The third-order valence-electron chi connectivity index (χ3n) is 2.05. The van der Waals surface area contributed by atoms with E-state index in [4.69, 9.17) is 17.3 Å². The van der Waals surface area contributed by atoms with E-state index in [1.54, 1.807) is 28.8 Å². The zero-order chi connectivity index (χ0) is 10.8. The van der Waals surface area contributed by atoms with Crippen molar-refractivity contribution in [3.05, 3.63) is 41.3 Å². The highest BCUT2D eigenvalue weighted by Gasteiger charge is 2.07. The maximum absolute atomic E-state index is 10.5. The van der Waals surface area contributed by atoms with Crippen LogP contribution in [-0.2, 0) is 0 Å². The van der Waals surface area contributed by atoms with Gasteiger partial charge in [0.25, 0.3) is 0 Å². The van der Waals surface area contributed by atoms with Crippen molar-refractivity contribution in [3.8, 4) is 5.69 Å². The van der Waals surface area contributed by atoms with Crippen molar-refractivity contribution in [1.29, 1.82) is 0 Å². The summed E-state index contributed by atoms with van der Waals surface area (Å²) in [6.07, 6.45) is 2.13. The van der Waals surface area contributed by atoms with E-state index in [0.717, 1.165) is 5.69 Å². The second kappa shape index (κ2) is 3.74. The van der Waals surface area contributed by atoms with Crippen LogP contribution in [0.4, 0.5) is 5.82 Å². The Hall–Kier alpha value is -1.81. The first-order chi connectivity index (χ1) is 7.22. The van der Waals surface area contributed by atoms with Gasteiger partial charge in [-0.15, -0.1) is 0 Å². The lowest BCUT2D eigenvalue weighted by Crippen LogP contribution is -2.00. The van der Waals surface area contributed by atoms with E-state index in [2.05, 4.69) is 4.98 Å². The van der Waals surface area contributed by atoms with Crippen LogP contribution in [0.3, 0.4) is 0 Å². The number of aromatic nitrogens is 2. The number of halogens is 1. The second-order valence-electron chi connectivity index (χ2n) is 2.98. The number of aldehydes is 1. The van der Waals surface area contributed by atoms with Gasteiger partial charge in [0.1, 0.15) is 17.8 Å². The van der Waals surface area contributed by atoms with E-state index in [0.29, 0.717) is 17.1 Å². The summed E-state index contributed by atoms with van der Waals surface area (Å²) in [6.45, 7) is 0. The lowest BCUT2D eigenvalue weighted by molar-refractivity contribution is 0.112. The SMILES string of the molecule is Nc1c(C=O)ncn1-c1ccc(Cl)cc1. The summed E-state index contributed by atoms with van der Waals surface area (Å²) >= 11 is 5.76. The molecule has 1 heterocycles. The van der Waals surface area contributed by atoms with Crippen LogP contribution < -0.4 is 5.73 Å². The summed E-state index contributed by atoms with van der Waals surface area (Å²) in [5.41, 5.74) is 6.78. The highest BCUT2D eigenvalue weighted by atomic mass is 35.5. The van der Waals surface area contributed by atoms with E-state index in [1.165, 1.54) is 6.33 Å². The van der Waals surface area contributed by atoms with Gasteiger partial charge >= 0.3 is 0 Å². The van der Waals surface area contributed by atoms with E-state index in [1.807, 2.05) is 0 Å². The molecule has 0 bridgehead atoms. The molecule has 15 heavy (non-hydrogen) atoms. The molecule has 5 heteroatoms. The van der Waals surface area contributed by atoms with Crippen LogP contribution in [0.15, 0.2) is 30.6 Å². The molecular weight excluding hydrogens is 214 g/mol. The Labute approximate surface area is 91.3 Å². The van der Waals surface area contributed by atoms with Gasteiger partial charge in [0.15, 0.2) is 6.29 Å². The first-order valence-corrected chi connectivity index (χ1v) is 4.64. The number of nitrogen functional groups attached to an aromatic ring is 1. The van der Waals surface area contributed by atoms with Gasteiger partial charge in [-0.1, -0.05) is 11.6 Å². The van der Waals surface area contributed by atoms with E-state index in [-0.39, 0.29) is 5.69 Å². The Morgan fingerprint density at radius 2 is 2.00 bits per heavy atom. The predicted molar refractivity (Wildman–Crippen MR) is 58.4 cm³/mol. The predicted octanol–water partition coefficient (Wildman–Crippen LogP) is 1.92. The van der Waals surface area contributed by atoms with Crippen molar-refractivity contribution in [3.63, 3.8) is 0 Å². The molecule has 0 aliphatic heterocycles. The van der Waals surface area contributed by atoms with Gasteiger partial charge in [0.05, 0.1) is 0 Å². The standard InChI is InChI=1S/C10H8ClN3O/c11-7-1-3-8(4-2-7)14-6-13-9(5-15)10(14)12/h1-6H,12H2. The Bertz CT molecular complexity index is 490. The molecule has 76 valence electrons. The van der Waals surface area contributed by atoms with Crippen molar-refractivity contribution in [2.24, 2.45) is 0 Å². The summed E-state index contributed by atoms with van der Waals surface area (Å²) in [5.74, 6) is 0.326. The number of hydrogen-bond donors (Lipinski definition) is 1. The van der Waals surface area contributed by atoms with Crippen LogP contribution in [0.25, 0.3) is 5.69 Å². The molecule has 1 aromatic heterocycles. The van der Waals surface area contributed by atoms with Gasteiger partial charge in [-0.3, -0.25) is 9.36 Å². The molecule has 4 nitrogen and oxygen atoms in total. The fourth-order valence-electron chi connectivity index (χ4n) is 1.27. The molecule has 0 amide bonds. The Kier molecular flexibility index (Phi) is 2.43. The molecule has 0 saturated heterocycles. The molecule has 2 N–H and O–H groups in total. The number of anilines is 1. The van der Waals surface area contributed by atoms with Crippen molar-refractivity contribution in [2.45, 2.75) is 0 Å². The topological polar surface area (TPSA) is 60.9 Å². The lowest BCUT2D eigenvalue weighted by atomic mass is 10.3. The molecule has 0 radical (unpaired) electrons. The summed E-state index contributed by atoms with van der Waals surface area (Å²) < 4.78 is 1.63. The van der Waals surface area contributed by atoms with Gasteiger partial charge in [0.2, 0.25) is 0 Å². The normalized spacial score (nSPS) is 10.2. The number of hydrogen-bond acceptors (Lipinski definition) is 3. The summed E-state index contributed by atoms with van der Waals surface area (Å²) in [5, 5.41) is 0.646. The molecule has 2 rings (SSSR count). The Balaban J connectivity index is 2.49. The average Bonchev–Trinajstić information content (AvgIpc) is 2.61. The van der Waals surface area contributed by atoms with Crippen LogP contribution >= 0.6 is 11.6 Å². The van der Waals surface area contributed by atoms with E-state index < -0.39 is 0 Å². The molecule has 0 aliphatic carbocycles. The van der Waals surface area contributed by atoms with Crippen LogP contribution in [0, 0.1) is 0 Å². The highest BCUT2D eigenvalue weighted by Crippen LogP contribution is 2.17. The van der Waals surface area contributed by atoms with Gasteiger partial charge in [-0.25, -0.2) is 4.98 Å². The van der Waals surface area contributed by atoms with Crippen molar-refractivity contribution in [2.75, 3.05) is 5.73 Å². The minimum absolute atomic E-state index is 0.241. The second-order valence-corrected chi connectivity index (χ2v) is 3.42. The molecule has 2 aromatic rings. The van der Waals surface area contributed by atoms with Gasteiger partial charge in [-0.2, -0.15) is 0 Å². The molecule has 0 unspecified atom stereocenters. The third kappa shape index (κ3) is 1.71. The number of carbonyl (C=O) groups excluding carboxylic acids is 1. The summed E-state index contributed by atoms with van der Waals surface area (Å²) in [4.78, 5) is 14.4. The van der Waals surface area contributed by atoms with Crippen LogP contribution in [0.1, 0.15) is 10.5 Å². The van der Waals surface area contributed by atoms with Crippen molar-refractivity contribution >= 4 is 23.7 Å². The zero-order valence-corrected chi connectivity index (χ0v) is 8.48. The van der Waals surface area contributed by atoms with Crippen LogP contribution in [0.5, 0.6) is 0 Å². The fourth-order valence-corrected chi connectivity index (χ4v) is 1.40. The van der Waals surface area contributed by atoms with Crippen molar-refractivity contribution < 1.29 is 4.79 Å². The summed E-state index contributed by atoms with van der Waals surface area (Å²) in [6, 6.07) is 7.09. The zero-order valence-electron chi connectivity index (χ0n) is 7.72. The van der Waals surface area contributed by atoms with Gasteiger partial charge in [-0.05, 0) is 24.3 Å². The number of benzene rings is 1. The maximum atomic E-state index is 10.5. The number of nitrogens with two attached hydrogens (primary N) is 1. The molecule has 0 aliphatic rings. The number of imidazole rings is 1. The van der Waals surface area contributed by atoms with Crippen LogP contribution in [-0.4, -0.2) is 15.8 Å². The van der Waals surface area contributed by atoms with E-state index in [9.17, 15) is 4.79 Å². The van der Waals surface area contributed by atoms with Crippen molar-refractivity contribution in [1.82, 2.24) is 9.55 Å². The van der Waals surface area contributed by atoms with Gasteiger partial charge in [0, 0.05) is 10.7 Å². The third-order valence-corrected chi connectivity index (χ3v) is 2.30. The smallest absolute Gasteiger partial charge is 0.172 e. The Morgan fingerprint density at radius 1 is 1.33 bits per heavy atom. The number of nitrogens with zero attached hydrogens (tertiary/aromatic N) is 2. The molecule has 0 fully saturated rings. The molecule has 1 aromatic carbocycles. The largest absolute Gasteiger partial charge is 0.383 e. The molecular formula is C10H8ClN3O. The maximum Gasteiger partial charge on any atom is 0.172 e. The molecule has 0 saturated carbocycles. The monoisotopic (exact) mass is 221 g/mol. The quantitative estimate of drug-likeness (QED) is 0.789. The number of carbonyl (C=O) groups is 1. The van der Waals surface area contributed by atoms with Crippen LogP contribution in [0.2, 0.25) is 5.02 Å². The summed E-state index contributed by atoms with van der Waals surface area (Å²) in [7, 11) is 0. The first-order valence-electron chi connectivity index (χ1n) is 4.26. The minimum Gasteiger partial charge on any atom is -0.383 e. The molecule has 0 atom stereocenters. The average molecular weight is 222 g/mol. The minimum atomic E-state index is 0.241. The highest BCUT2D eigenvalue weighted by molar-refractivity contribution is 6.30. The Morgan fingerprint density at radius 3 is 2.53 bits per heavy atom. The molecule has 0 spiro atoms. The first kappa shape index (κ1) is 9.73. The lowest BCUT2D eigenvalue weighted by Gasteiger charge is -2.04. The fraction of sp³-hybridized carbons (Fsp3) is 0. The van der Waals surface area contributed by atoms with Gasteiger partial charge < -0.3 is 5.73 Å². The number of rotatable bonds is 2. The van der Waals surface area contributed by atoms with E-state index >= 15 is 0 Å².